The van der Waals surface area contributed by atoms with E-state index in [1.165, 1.54) is 0 Å². The number of phenols is 1. The first-order valence-electron chi connectivity index (χ1n) is 6.30. The number of nitrogens with one attached hydrogen (secondary N) is 1. The van der Waals surface area contributed by atoms with Gasteiger partial charge in [-0.05, 0) is 11.8 Å². The Kier molecular flexibility index (Phi) is 4.18. The number of aliphatic hydroxyl groups is 1. The number of hydrogen-bond donors (Lipinski definition) is 3. The van der Waals surface area contributed by atoms with Crippen LogP contribution in [0.25, 0.3) is 10.8 Å². The van der Waals surface area contributed by atoms with Crippen LogP contribution >= 0.6 is 0 Å². The van der Waals surface area contributed by atoms with Crippen LogP contribution in [0.1, 0.15) is 18.9 Å². The molecule has 0 aliphatic rings. The Morgan fingerprint density at radius 3 is 2.72 bits per heavy atom. The fraction of sp³-hybridized carbons (Fsp3) is 0.333. The topological polar surface area (TPSA) is 52.5 Å². The number of rotatable bonds is 5. The van der Waals surface area contributed by atoms with Crippen molar-refractivity contribution in [2.24, 2.45) is 0 Å². The second-order valence-corrected chi connectivity index (χ2v) is 4.49. The highest BCUT2D eigenvalue weighted by Gasteiger charge is 2.06. The molecule has 3 N–H and O–H groups in total. The Morgan fingerprint density at radius 1 is 1.17 bits per heavy atom. The van der Waals surface area contributed by atoms with Crippen molar-refractivity contribution in [2.45, 2.75) is 26.0 Å². The summed E-state index contributed by atoms with van der Waals surface area (Å²) >= 11 is 0. The summed E-state index contributed by atoms with van der Waals surface area (Å²) in [7, 11) is 0. The zero-order valence-corrected chi connectivity index (χ0v) is 10.6. The van der Waals surface area contributed by atoms with E-state index in [4.69, 9.17) is 0 Å². The van der Waals surface area contributed by atoms with Crippen molar-refractivity contribution in [3.05, 3.63) is 42.0 Å². The average Bonchev–Trinajstić information content (AvgIpc) is 2.41. The van der Waals surface area contributed by atoms with Gasteiger partial charge in [0.05, 0.1) is 6.10 Å². The van der Waals surface area contributed by atoms with Crippen molar-refractivity contribution in [1.29, 1.82) is 0 Å². The number of benzene rings is 2. The van der Waals surface area contributed by atoms with Crippen LogP contribution in [0.15, 0.2) is 36.4 Å². The van der Waals surface area contributed by atoms with Crippen molar-refractivity contribution in [3.63, 3.8) is 0 Å². The van der Waals surface area contributed by atoms with Crippen LogP contribution in [0.2, 0.25) is 0 Å². The third kappa shape index (κ3) is 2.81. The molecule has 0 bridgehead atoms. The molecule has 0 fully saturated rings. The lowest BCUT2D eigenvalue weighted by molar-refractivity contribution is 0.167. The van der Waals surface area contributed by atoms with Crippen molar-refractivity contribution >= 4 is 10.8 Å². The minimum Gasteiger partial charge on any atom is -0.507 e. The van der Waals surface area contributed by atoms with Gasteiger partial charge in [-0.1, -0.05) is 43.3 Å². The van der Waals surface area contributed by atoms with Gasteiger partial charge >= 0.3 is 0 Å². The van der Waals surface area contributed by atoms with E-state index in [0.717, 1.165) is 22.8 Å². The smallest absolute Gasteiger partial charge is 0.127 e. The molecule has 2 aromatic rings. The van der Waals surface area contributed by atoms with Gasteiger partial charge in [-0.2, -0.15) is 0 Å². The van der Waals surface area contributed by atoms with E-state index >= 15 is 0 Å². The normalized spacial score (nSPS) is 12.8. The maximum absolute atomic E-state index is 10.2. The van der Waals surface area contributed by atoms with Crippen molar-refractivity contribution in [3.8, 4) is 5.75 Å². The van der Waals surface area contributed by atoms with E-state index in [-0.39, 0.29) is 6.10 Å². The summed E-state index contributed by atoms with van der Waals surface area (Å²) in [4.78, 5) is 0. The fourth-order valence-electron chi connectivity index (χ4n) is 1.96. The maximum atomic E-state index is 10.2. The fourth-order valence-corrected chi connectivity index (χ4v) is 1.96. The molecule has 0 spiro atoms. The molecule has 0 radical (unpaired) electrons. The lowest BCUT2D eigenvalue weighted by atomic mass is 10.1. The van der Waals surface area contributed by atoms with E-state index in [9.17, 15) is 10.2 Å². The quantitative estimate of drug-likeness (QED) is 0.758. The van der Waals surface area contributed by atoms with Crippen molar-refractivity contribution in [2.75, 3.05) is 6.54 Å². The first-order chi connectivity index (χ1) is 8.72. The van der Waals surface area contributed by atoms with Gasteiger partial charge in [0, 0.05) is 24.0 Å². The molecule has 3 nitrogen and oxygen atoms in total. The monoisotopic (exact) mass is 245 g/mol. The van der Waals surface area contributed by atoms with Gasteiger partial charge in [0.15, 0.2) is 0 Å². The minimum atomic E-state index is -0.326. The molecule has 3 heteroatoms. The molecule has 0 aliphatic carbocycles. The van der Waals surface area contributed by atoms with Gasteiger partial charge in [-0.15, -0.1) is 0 Å². The molecule has 2 rings (SSSR count). The summed E-state index contributed by atoms with van der Waals surface area (Å²) in [6.45, 7) is 3.05. The third-order valence-electron chi connectivity index (χ3n) is 3.15. The zero-order chi connectivity index (χ0) is 13.0. The summed E-state index contributed by atoms with van der Waals surface area (Å²) in [5.41, 5.74) is 0.858. The van der Waals surface area contributed by atoms with Crippen LogP contribution in [-0.2, 0) is 6.54 Å². The number of fused-ring (bicyclic) bond motifs is 1. The Balaban J connectivity index is 2.12. The first-order valence-corrected chi connectivity index (χ1v) is 6.30. The summed E-state index contributed by atoms with van der Waals surface area (Å²) in [6, 6.07) is 11.7. The molecule has 0 unspecified atom stereocenters. The third-order valence-corrected chi connectivity index (χ3v) is 3.15. The van der Waals surface area contributed by atoms with Crippen LogP contribution < -0.4 is 5.32 Å². The van der Waals surface area contributed by atoms with Gasteiger partial charge in [0.1, 0.15) is 5.75 Å². The predicted octanol–water partition coefficient (Wildman–Crippen LogP) is 2.41. The van der Waals surface area contributed by atoms with E-state index in [1.807, 2.05) is 43.3 Å². The minimum absolute atomic E-state index is 0.326. The molecule has 0 saturated heterocycles. The standard InChI is InChI=1S/C15H19NO2/c1-2-13(17)10-16-9-12-8-7-11-5-3-4-6-14(11)15(12)18/h3-8,13,16-18H,2,9-10H2,1H3/t13-/m0/s1. The maximum Gasteiger partial charge on any atom is 0.127 e. The molecule has 2 aromatic carbocycles. The Hall–Kier alpha value is -1.58. The predicted molar refractivity (Wildman–Crippen MR) is 73.6 cm³/mol. The van der Waals surface area contributed by atoms with Crippen LogP contribution in [0.4, 0.5) is 0 Å². The zero-order valence-electron chi connectivity index (χ0n) is 10.6. The summed E-state index contributed by atoms with van der Waals surface area (Å²) in [5, 5.41) is 24.7. The number of phenolic OH excluding ortho intramolecular Hbond substituents is 1. The molecule has 0 aromatic heterocycles. The van der Waals surface area contributed by atoms with E-state index in [1.54, 1.807) is 0 Å². The highest BCUT2D eigenvalue weighted by molar-refractivity contribution is 5.89. The molecule has 0 heterocycles. The van der Waals surface area contributed by atoms with Crippen LogP contribution in [-0.4, -0.2) is 22.9 Å². The molecule has 18 heavy (non-hydrogen) atoms. The van der Waals surface area contributed by atoms with Gasteiger partial charge in [0.2, 0.25) is 0 Å². The highest BCUT2D eigenvalue weighted by atomic mass is 16.3. The summed E-state index contributed by atoms with van der Waals surface area (Å²) < 4.78 is 0. The van der Waals surface area contributed by atoms with E-state index < -0.39 is 0 Å². The number of aliphatic hydroxyl groups excluding tert-OH is 1. The van der Waals surface area contributed by atoms with Crippen LogP contribution in [0.3, 0.4) is 0 Å². The van der Waals surface area contributed by atoms with Crippen LogP contribution in [0.5, 0.6) is 5.75 Å². The Morgan fingerprint density at radius 2 is 1.94 bits per heavy atom. The van der Waals surface area contributed by atoms with Gasteiger partial charge in [-0.25, -0.2) is 0 Å². The van der Waals surface area contributed by atoms with Gasteiger partial charge in [-0.3, -0.25) is 0 Å². The van der Waals surface area contributed by atoms with Crippen molar-refractivity contribution in [1.82, 2.24) is 5.32 Å². The van der Waals surface area contributed by atoms with E-state index in [2.05, 4.69) is 5.32 Å². The highest BCUT2D eigenvalue weighted by Crippen LogP contribution is 2.28. The Labute approximate surface area is 107 Å². The number of hydrogen-bond acceptors (Lipinski definition) is 3. The Bertz CT molecular complexity index is 525. The van der Waals surface area contributed by atoms with Crippen LogP contribution in [0, 0.1) is 0 Å². The number of aromatic hydroxyl groups is 1. The molecule has 0 saturated carbocycles. The lowest BCUT2D eigenvalue weighted by Crippen LogP contribution is -2.25. The van der Waals surface area contributed by atoms with Gasteiger partial charge in [0.25, 0.3) is 0 Å². The van der Waals surface area contributed by atoms with Gasteiger partial charge < -0.3 is 15.5 Å². The molecular formula is C15H19NO2. The second-order valence-electron chi connectivity index (χ2n) is 4.49. The van der Waals surface area contributed by atoms with Crippen molar-refractivity contribution < 1.29 is 10.2 Å². The lowest BCUT2D eigenvalue weighted by Gasteiger charge is -2.11. The second kappa shape index (κ2) is 5.85. The molecule has 0 aliphatic heterocycles. The molecular weight excluding hydrogens is 226 g/mol. The molecule has 96 valence electrons. The summed E-state index contributed by atoms with van der Waals surface area (Å²) in [5.74, 6) is 0.326. The molecule has 1 atom stereocenters. The van der Waals surface area contributed by atoms with E-state index in [0.29, 0.717) is 18.8 Å². The SMILES string of the molecule is CC[C@H](O)CNCc1ccc2ccccc2c1O. The molecule has 0 amide bonds. The first kappa shape index (κ1) is 12.9. The summed E-state index contributed by atoms with van der Waals surface area (Å²) in [6.07, 6.45) is 0.407. The average molecular weight is 245 g/mol. The largest absolute Gasteiger partial charge is 0.507 e.